The SMILES string of the molecule is CCN(C)C=Nc1ccc(C(=O)OCc2ccc(F)nc2)c(C)c1C. The van der Waals surface area contributed by atoms with Gasteiger partial charge in [-0.05, 0) is 56.2 Å². The molecule has 0 atom stereocenters. The zero-order valence-corrected chi connectivity index (χ0v) is 14.9. The van der Waals surface area contributed by atoms with E-state index in [0.717, 1.165) is 23.4 Å². The Labute approximate surface area is 147 Å². The van der Waals surface area contributed by atoms with Crippen molar-refractivity contribution in [2.24, 2.45) is 4.99 Å². The second-order valence-electron chi connectivity index (χ2n) is 5.77. The van der Waals surface area contributed by atoms with E-state index in [1.54, 1.807) is 18.5 Å². The third-order valence-corrected chi connectivity index (χ3v) is 4.03. The molecule has 0 aliphatic heterocycles. The Morgan fingerprint density at radius 2 is 2.04 bits per heavy atom. The smallest absolute Gasteiger partial charge is 0.338 e. The molecule has 5 nitrogen and oxygen atoms in total. The van der Waals surface area contributed by atoms with E-state index in [-0.39, 0.29) is 6.61 Å². The van der Waals surface area contributed by atoms with Crippen LogP contribution in [0.5, 0.6) is 0 Å². The van der Waals surface area contributed by atoms with Crippen LogP contribution in [0.2, 0.25) is 0 Å². The highest BCUT2D eigenvalue weighted by molar-refractivity contribution is 5.92. The van der Waals surface area contributed by atoms with Gasteiger partial charge in [-0.1, -0.05) is 0 Å². The molecule has 6 heteroatoms. The maximum absolute atomic E-state index is 12.8. The van der Waals surface area contributed by atoms with Crippen molar-refractivity contribution in [3.05, 3.63) is 58.7 Å². The van der Waals surface area contributed by atoms with Gasteiger partial charge in [0.25, 0.3) is 0 Å². The maximum Gasteiger partial charge on any atom is 0.338 e. The van der Waals surface area contributed by atoms with Crippen LogP contribution in [-0.4, -0.2) is 35.8 Å². The Morgan fingerprint density at radius 1 is 1.28 bits per heavy atom. The van der Waals surface area contributed by atoms with Crippen LogP contribution in [0.25, 0.3) is 0 Å². The summed E-state index contributed by atoms with van der Waals surface area (Å²) in [4.78, 5) is 22.3. The molecule has 0 N–H and O–H groups in total. The van der Waals surface area contributed by atoms with Gasteiger partial charge in [0.05, 0.1) is 17.6 Å². The number of pyridine rings is 1. The lowest BCUT2D eigenvalue weighted by Gasteiger charge is -2.12. The van der Waals surface area contributed by atoms with E-state index < -0.39 is 11.9 Å². The Kier molecular flexibility index (Phi) is 6.22. The molecular weight excluding hydrogens is 321 g/mol. The Balaban J connectivity index is 2.10. The van der Waals surface area contributed by atoms with Crippen molar-refractivity contribution in [1.29, 1.82) is 0 Å². The molecular formula is C19H22FN3O2. The number of aromatic nitrogens is 1. The lowest BCUT2D eigenvalue weighted by atomic mass is 10.0. The second-order valence-corrected chi connectivity index (χ2v) is 5.77. The number of aliphatic imine (C=N–C) groups is 1. The average Bonchev–Trinajstić information content (AvgIpc) is 2.62. The van der Waals surface area contributed by atoms with E-state index in [9.17, 15) is 9.18 Å². The van der Waals surface area contributed by atoms with Crippen molar-refractivity contribution in [2.75, 3.05) is 13.6 Å². The van der Waals surface area contributed by atoms with Crippen LogP contribution in [0, 0.1) is 19.8 Å². The molecule has 0 spiro atoms. The van der Waals surface area contributed by atoms with E-state index in [0.29, 0.717) is 11.1 Å². The third-order valence-electron chi connectivity index (χ3n) is 4.03. The zero-order valence-electron chi connectivity index (χ0n) is 14.9. The summed E-state index contributed by atoms with van der Waals surface area (Å²) in [5.41, 5.74) is 3.70. The number of benzene rings is 1. The molecule has 0 amide bonds. The van der Waals surface area contributed by atoms with Gasteiger partial charge in [0, 0.05) is 25.4 Å². The maximum atomic E-state index is 12.8. The molecule has 25 heavy (non-hydrogen) atoms. The summed E-state index contributed by atoms with van der Waals surface area (Å²) >= 11 is 0. The summed E-state index contributed by atoms with van der Waals surface area (Å²) in [6.07, 6.45) is 3.12. The molecule has 0 bridgehead atoms. The number of halogens is 1. The molecule has 0 radical (unpaired) electrons. The van der Waals surface area contributed by atoms with Crippen molar-refractivity contribution in [1.82, 2.24) is 9.88 Å². The predicted octanol–water partition coefficient (Wildman–Crippen LogP) is 3.81. The highest BCUT2D eigenvalue weighted by Gasteiger charge is 2.14. The second kappa shape index (κ2) is 8.37. The Morgan fingerprint density at radius 3 is 2.68 bits per heavy atom. The first kappa shape index (κ1) is 18.6. The summed E-state index contributed by atoms with van der Waals surface area (Å²) in [6.45, 7) is 6.75. The van der Waals surface area contributed by atoms with Crippen LogP contribution in [0.15, 0.2) is 35.5 Å². The van der Waals surface area contributed by atoms with E-state index >= 15 is 0 Å². The first-order chi connectivity index (χ1) is 11.9. The molecule has 2 rings (SSSR count). The van der Waals surface area contributed by atoms with Gasteiger partial charge < -0.3 is 9.64 Å². The van der Waals surface area contributed by atoms with Crippen LogP contribution in [0.3, 0.4) is 0 Å². The van der Waals surface area contributed by atoms with Crippen LogP contribution >= 0.6 is 0 Å². The molecule has 1 heterocycles. The minimum Gasteiger partial charge on any atom is -0.457 e. The Hall–Kier alpha value is -2.76. The molecule has 1 aromatic heterocycles. The molecule has 0 aliphatic carbocycles. The summed E-state index contributed by atoms with van der Waals surface area (Å²) in [7, 11) is 1.95. The van der Waals surface area contributed by atoms with Crippen molar-refractivity contribution >= 4 is 18.0 Å². The number of ether oxygens (including phenoxy) is 1. The number of carbonyl (C=O) groups is 1. The highest BCUT2D eigenvalue weighted by Crippen LogP contribution is 2.25. The lowest BCUT2D eigenvalue weighted by Crippen LogP contribution is -2.14. The Bertz CT molecular complexity index is 773. The van der Waals surface area contributed by atoms with Crippen molar-refractivity contribution in [2.45, 2.75) is 27.4 Å². The number of hydrogen-bond donors (Lipinski definition) is 0. The first-order valence-electron chi connectivity index (χ1n) is 8.04. The number of carbonyl (C=O) groups excluding carboxylic acids is 1. The van der Waals surface area contributed by atoms with E-state index in [4.69, 9.17) is 4.74 Å². The van der Waals surface area contributed by atoms with Crippen molar-refractivity contribution in [3.8, 4) is 0 Å². The third kappa shape index (κ3) is 4.86. The largest absolute Gasteiger partial charge is 0.457 e. The summed E-state index contributed by atoms with van der Waals surface area (Å²) < 4.78 is 18.1. The van der Waals surface area contributed by atoms with Gasteiger partial charge in [0.2, 0.25) is 5.95 Å². The fourth-order valence-electron chi connectivity index (χ4n) is 2.13. The van der Waals surface area contributed by atoms with E-state index in [1.165, 1.54) is 18.3 Å². The molecule has 0 fully saturated rings. The van der Waals surface area contributed by atoms with Crippen LogP contribution in [-0.2, 0) is 11.3 Å². The van der Waals surface area contributed by atoms with Crippen molar-refractivity contribution < 1.29 is 13.9 Å². The topological polar surface area (TPSA) is 54.8 Å². The van der Waals surface area contributed by atoms with Gasteiger partial charge in [0.1, 0.15) is 6.61 Å². The quantitative estimate of drug-likeness (QED) is 0.346. The summed E-state index contributed by atoms with van der Waals surface area (Å²) in [6, 6.07) is 6.29. The van der Waals surface area contributed by atoms with Crippen LogP contribution in [0.4, 0.5) is 10.1 Å². The minimum atomic E-state index is -0.564. The minimum absolute atomic E-state index is 0.0474. The first-order valence-corrected chi connectivity index (χ1v) is 8.04. The van der Waals surface area contributed by atoms with Gasteiger partial charge in [-0.25, -0.2) is 14.8 Å². The number of esters is 1. The average molecular weight is 343 g/mol. The fraction of sp³-hybridized carbons (Fsp3) is 0.316. The van der Waals surface area contributed by atoms with Gasteiger partial charge >= 0.3 is 5.97 Å². The molecule has 132 valence electrons. The molecule has 2 aromatic rings. The predicted molar refractivity (Wildman–Crippen MR) is 95.7 cm³/mol. The lowest BCUT2D eigenvalue weighted by molar-refractivity contribution is 0.0471. The van der Waals surface area contributed by atoms with Crippen molar-refractivity contribution in [3.63, 3.8) is 0 Å². The number of hydrogen-bond acceptors (Lipinski definition) is 4. The summed E-state index contributed by atoms with van der Waals surface area (Å²) in [5, 5.41) is 0. The number of nitrogens with zero attached hydrogens (tertiary/aromatic N) is 3. The monoisotopic (exact) mass is 343 g/mol. The van der Waals surface area contributed by atoms with E-state index in [1.807, 2.05) is 32.7 Å². The zero-order chi connectivity index (χ0) is 18.4. The fourth-order valence-corrected chi connectivity index (χ4v) is 2.13. The molecule has 0 saturated heterocycles. The van der Waals surface area contributed by atoms with Gasteiger partial charge in [-0.15, -0.1) is 0 Å². The summed E-state index contributed by atoms with van der Waals surface area (Å²) in [5.74, 6) is -0.988. The molecule has 0 aliphatic rings. The highest BCUT2D eigenvalue weighted by atomic mass is 19.1. The molecule has 0 saturated carbocycles. The molecule has 0 unspecified atom stereocenters. The normalized spacial score (nSPS) is 10.9. The van der Waals surface area contributed by atoms with E-state index in [2.05, 4.69) is 9.98 Å². The van der Waals surface area contributed by atoms with Crippen LogP contribution in [0.1, 0.15) is 34.0 Å². The van der Waals surface area contributed by atoms with Gasteiger partial charge in [-0.2, -0.15) is 4.39 Å². The number of rotatable bonds is 6. The standard InChI is InChI=1S/C19H22FN3O2/c1-5-23(4)12-22-17-8-7-16(13(2)14(17)3)19(24)25-11-15-6-9-18(20)21-10-15/h6-10,12H,5,11H2,1-4H3. The van der Waals surface area contributed by atoms with Gasteiger partial charge in [-0.3, -0.25) is 0 Å². The molecule has 1 aromatic carbocycles. The van der Waals surface area contributed by atoms with Crippen LogP contribution < -0.4 is 0 Å². The van der Waals surface area contributed by atoms with Gasteiger partial charge in [0.15, 0.2) is 0 Å².